The third-order valence-electron chi connectivity index (χ3n) is 5.78. The first-order valence-electron chi connectivity index (χ1n) is 11.1. The minimum atomic E-state index is -1.05. The zero-order valence-electron chi connectivity index (χ0n) is 17.9. The van der Waals surface area contributed by atoms with Gasteiger partial charge in [-0.25, -0.2) is 0 Å². The van der Waals surface area contributed by atoms with Gasteiger partial charge < -0.3 is 10.1 Å². The van der Waals surface area contributed by atoms with Crippen molar-refractivity contribution in [3.63, 3.8) is 0 Å². The lowest BCUT2D eigenvalue weighted by atomic mass is 9.85. The summed E-state index contributed by atoms with van der Waals surface area (Å²) in [5.74, 6) is -3.53. The second-order valence-corrected chi connectivity index (χ2v) is 7.70. The molecule has 1 unspecified atom stereocenters. The average molecular weight is 424 g/mol. The van der Waals surface area contributed by atoms with Crippen molar-refractivity contribution in [2.45, 2.75) is 77.7 Å². The molecule has 2 aliphatic heterocycles. The smallest absolute Gasteiger partial charge is 0.308 e. The zero-order chi connectivity index (χ0) is 22.1. The van der Waals surface area contributed by atoms with Crippen molar-refractivity contribution >= 4 is 29.4 Å². The van der Waals surface area contributed by atoms with E-state index in [1.54, 1.807) is 0 Å². The van der Waals surface area contributed by atoms with E-state index in [9.17, 15) is 24.0 Å². The molecule has 0 radical (unpaired) electrons. The predicted molar refractivity (Wildman–Crippen MR) is 108 cm³/mol. The van der Waals surface area contributed by atoms with Gasteiger partial charge in [0, 0.05) is 32.0 Å². The fourth-order valence-corrected chi connectivity index (χ4v) is 4.08. The summed E-state index contributed by atoms with van der Waals surface area (Å²) in [6.45, 7) is 4.91. The van der Waals surface area contributed by atoms with Crippen LogP contribution in [0.5, 0.6) is 0 Å². The molecule has 2 heterocycles. The van der Waals surface area contributed by atoms with Gasteiger partial charge in [0.1, 0.15) is 6.04 Å². The number of hydrogen-bond donors (Lipinski definition) is 2. The van der Waals surface area contributed by atoms with Gasteiger partial charge in [0.25, 0.3) is 0 Å². The van der Waals surface area contributed by atoms with E-state index in [0.29, 0.717) is 31.1 Å². The molecule has 0 aromatic carbocycles. The van der Waals surface area contributed by atoms with E-state index in [-0.39, 0.29) is 30.6 Å². The molecule has 0 spiro atoms. The van der Waals surface area contributed by atoms with E-state index >= 15 is 0 Å². The van der Waals surface area contributed by atoms with Crippen LogP contribution in [0.4, 0.5) is 0 Å². The number of nitrogens with one attached hydrogen (secondary N) is 2. The molecule has 1 aliphatic carbocycles. The Bertz CT molecular complexity index is 637. The van der Waals surface area contributed by atoms with Crippen molar-refractivity contribution in [2.75, 3.05) is 13.2 Å². The maximum atomic E-state index is 12.8. The summed E-state index contributed by atoms with van der Waals surface area (Å²) in [6, 6.07) is -0.980. The van der Waals surface area contributed by atoms with Gasteiger partial charge in [0.05, 0.1) is 0 Å². The maximum Gasteiger partial charge on any atom is 0.308 e. The quantitative estimate of drug-likeness (QED) is 0.490. The van der Waals surface area contributed by atoms with E-state index in [4.69, 9.17) is 4.74 Å². The summed E-state index contributed by atoms with van der Waals surface area (Å²) >= 11 is 0. The molecule has 9 nitrogen and oxygen atoms in total. The highest BCUT2D eigenvalue weighted by Gasteiger charge is 2.39. The van der Waals surface area contributed by atoms with Gasteiger partial charge in [-0.05, 0) is 31.6 Å². The number of rotatable bonds is 6. The summed E-state index contributed by atoms with van der Waals surface area (Å²) in [5.41, 5.74) is 2.11. The molecule has 168 valence electrons. The summed E-state index contributed by atoms with van der Waals surface area (Å²) in [4.78, 5) is 61.4. The highest BCUT2D eigenvalue weighted by atomic mass is 16.5. The van der Waals surface area contributed by atoms with Crippen LogP contribution in [-0.2, 0) is 28.7 Å². The molecule has 0 aromatic heterocycles. The Morgan fingerprint density at radius 1 is 0.933 bits per heavy atom. The van der Waals surface area contributed by atoms with Gasteiger partial charge in [-0.1, -0.05) is 33.1 Å². The van der Waals surface area contributed by atoms with E-state index in [1.807, 2.05) is 13.8 Å². The first-order chi connectivity index (χ1) is 14.5. The number of carbonyl (C=O) groups is 5. The fraction of sp³-hybridized carbons (Fsp3) is 0.762. The van der Waals surface area contributed by atoms with Gasteiger partial charge in [-0.2, -0.15) is 5.01 Å². The molecule has 3 rings (SSSR count). The zero-order valence-corrected chi connectivity index (χ0v) is 17.9. The summed E-state index contributed by atoms with van der Waals surface area (Å²) in [5, 5.41) is 3.39. The summed E-state index contributed by atoms with van der Waals surface area (Å²) in [6.07, 6.45) is 5.75. The maximum absolute atomic E-state index is 12.8. The Labute approximate surface area is 177 Å². The Balaban J connectivity index is 0.00000155. The molecular weight excluding hydrogens is 390 g/mol. The van der Waals surface area contributed by atoms with Crippen LogP contribution in [0.25, 0.3) is 0 Å². The Kier molecular flexibility index (Phi) is 9.42. The highest BCUT2D eigenvalue weighted by Crippen LogP contribution is 2.25. The second-order valence-electron chi connectivity index (χ2n) is 7.70. The van der Waals surface area contributed by atoms with Crippen molar-refractivity contribution in [3.05, 3.63) is 0 Å². The summed E-state index contributed by atoms with van der Waals surface area (Å²) in [7, 11) is 0. The lowest BCUT2D eigenvalue weighted by Gasteiger charge is -2.31. The molecular formula is C21H33N3O6. The van der Waals surface area contributed by atoms with Crippen molar-refractivity contribution in [1.29, 1.82) is 0 Å². The molecule has 1 saturated carbocycles. The molecule has 0 bridgehead atoms. The molecule has 30 heavy (non-hydrogen) atoms. The Morgan fingerprint density at radius 2 is 1.50 bits per heavy atom. The molecule has 1 atom stereocenters. The molecule has 0 aromatic rings. The van der Waals surface area contributed by atoms with Gasteiger partial charge in [0.15, 0.2) is 0 Å². The number of imide groups is 1. The number of hydrogen-bond acceptors (Lipinski definition) is 6. The molecule has 3 aliphatic rings. The van der Waals surface area contributed by atoms with Crippen molar-refractivity contribution in [1.82, 2.24) is 15.8 Å². The largest absolute Gasteiger partial charge is 0.381 e. The first kappa shape index (κ1) is 24.0. The average Bonchev–Trinajstić information content (AvgIpc) is 3.11. The SMILES string of the molecule is CC.O=C(NN1C(=O)CCC1=O)C(=O)C(NC(=O)C1CCCCC1)C1CCOCC1. The summed E-state index contributed by atoms with van der Waals surface area (Å²) < 4.78 is 5.33. The Hall–Kier alpha value is -2.29. The van der Waals surface area contributed by atoms with Crippen molar-refractivity contribution < 1.29 is 28.7 Å². The van der Waals surface area contributed by atoms with Crippen LogP contribution in [0.15, 0.2) is 0 Å². The molecule has 2 saturated heterocycles. The minimum Gasteiger partial charge on any atom is -0.381 e. The van der Waals surface area contributed by atoms with Crippen LogP contribution in [0.2, 0.25) is 0 Å². The number of ketones is 1. The van der Waals surface area contributed by atoms with Crippen LogP contribution in [0, 0.1) is 11.8 Å². The minimum absolute atomic E-state index is 0.00904. The number of nitrogens with zero attached hydrogens (tertiary/aromatic N) is 1. The van der Waals surface area contributed by atoms with Crippen molar-refractivity contribution in [3.8, 4) is 0 Å². The lowest BCUT2D eigenvalue weighted by molar-refractivity contribution is -0.152. The van der Waals surface area contributed by atoms with Crippen LogP contribution in [0.1, 0.15) is 71.6 Å². The van der Waals surface area contributed by atoms with Gasteiger partial charge >= 0.3 is 5.91 Å². The van der Waals surface area contributed by atoms with Gasteiger partial charge in [-0.3, -0.25) is 29.4 Å². The number of hydrazine groups is 1. The van der Waals surface area contributed by atoms with Crippen LogP contribution >= 0.6 is 0 Å². The molecule has 2 N–H and O–H groups in total. The van der Waals surface area contributed by atoms with E-state index in [2.05, 4.69) is 10.7 Å². The number of Topliss-reactive ketones (excluding diaryl/α,β-unsaturated/α-hetero) is 1. The molecule has 3 fully saturated rings. The normalized spacial score (nSPS) is 21.5. The number of carbonyl (C=O) groups excluding carboxylic acids is 5. The van der Waals surface area contributed by atoms with Gasteiger partial charge in [0.2, 0.25) is 23.5 Å². The predicted octanol–water partition coefficient (Wildman–Crippen LogP) is 1.25. The fourth-order valence-electron chi connectivity index (χ4n) is 4.08. The van der Waals surface area contributed by atoms with E-state index in [1.165, 1.54) is 0 Å². The third kappa shape index (κ3) is 6.10. The first-order valence-corrected chi connectivity index (χ1v) is 11.1. The Morgan fingerprint density at radius 3 is 2.07 bits per heavy atom. The van der Waals surface area contributed by atoms with Crippen LogP contribution < -0.4 is 10.7 Å². The number of amides is 4. The number of ether oxygens (including phenoxy) is 1. The monoisotopic (exact) mass is 423 g/mol. The van der Waals surface area contributed by atoms with Crippen LogP contribution in [0.3, 0.4) is 0 Å². The van der Waals surface area contributed by atoms with Crippen LogP contribution in [-0.4, -0.2) is 53.7 Å². The second kappa shape index (κ2) is 11.8. The lowest BCUT2D eigenvalue weighted by Crippen LogP contribution is -2.56. The van der Waals surface area contributed by atoms with Crippen molar-refractivity contribution in [2.24, 2.45) is 11.8 Å². The highest BCUT2D eigenvalue weighted by molar-refractivity contribution is 6.39. The third-order valence-corrected chi connectivity index (χ3v) is 5.78. The molecule has 4 amide bonds. The van der Waals surface area contributed by atoms with E-state index < -0.39 is 29.5 Å². The molecule has 9 heteroatoms. The standard InChI is InChI=1S/C19H27N3O6.C2H6/c23-14-6-7-15(24)22(14)21-19(27)17(25)16(12-8-10-28-11-9-12)20-18(26)13-4-2-1-3-5-13;1-2/h12-13,16H,1-11H2,(H,20,26)(H,21,27);1-2H3. The van der Waals surface area contributed by atoms with E-state index in [0.717, 1.165) is 32.1 Å². The topological polar surface area (TPSA) is 122 Å². The van der Waals surface area contributed by atoms with Gasteiger partial charge in [-0.15, -0.1) is 0 Å².